The van der Waals surface area contributed by atoms with Gasteiger partial charge in [-0.1, -0.05) is 18.6 Å². The Morgan fingerprint density at radius 3 is 2.87 bits per heavy atom. The molecule has 23 heavy (non-hydrogen) atoms. The average molecular weight is 307 g/mol. The highest BCUT2D eigenvalue weighted by Gasteiger charge is 2.42. The fraction of sp³-hybridized carbons (Fsp3) is 0.421. The van der Waals surface area contributed by atoms with Crippen molar-refractivity contribution < 1.29 is 4.79 Å². The van der Waals surface area contributed by atoms with E-state index in [4.69, 9.17) is 0 Å². The largest absolute Gasteiger partial charge is 0.326 e. The van der Waals surface area contributed by atoms with Gasteiger partial charge in [0.1, 0.15) is 5.82 Å². The Kier molecular flexibility index (Phi) is 3.60. The highest BCUT2D eigenvalue weighted by atomic mass is 16.1. The van der Waals surface area contributed by atoms with Crippen LogP contribution in [-0.2, 0) is 4.79 Å². The van der Waals surface area contributed by atoms with Crippen LogP contribution in [0.15, 0.2) is 36.5 Å². The third kappa shape index (κ3) is 2.85. The van der Waals surface area contributed by atoms with Gasteiger partial charge < -0.3 is 5.32 Å². The van der Waals surface area contributed by atoms with Crippen LogP contribution in [0.25, 0.3) is 11.3 Å². The fourth-order valence-electron chi connectivity index (χ4n) is 4.17. The number of rotatable bonds is 3. The predicted octanol–water partition coefficient (Wildman–Crippen LogP) is 3.83. The van der Waals surface area contributed by atoms with Crippen LogP contribution in [0.1, 0.15) is 31.5 Å². The topological polar surface area (TPSA) is 54.9 Å². The summed E-state index contributed by atoms with van der Waals surface area (Å²) < 4.78 is 0. The molecule has 3 atom stereocenters. The van der Waals surface area contributed by atoms with E-state index in [0.717, 1.165) is 35.1 Å². The Labute approximate surface area is 136 Å². The number of aryl methyl sites for hydroxylation is 1. The number of aromatic nitrogens is 2. The summed E-state index contributed by atoms with van der Waals surface area (Å²) in [4.78, 5) is 21.1. The van der Waals surface area contributed by atoms with Gasteiger partial charge in [-0.3, -0.25) is 4.79 Å². The van der Waals surface area contributed by atoms with E-state index >= 15 is 0 Å². The van der Waals surface area contributed by atoms with Gasteiger partial charge in [0.25, 0.3) is 0 Å². The zero-order valence-electron chi connectivity index (χ0n) is 13.3. The van der Waals surface area contributed by atoms with Crippen LogP contribution in [0.3, 0.4) is 0 Å². The Morgan fingerprint density at radius 1 is 1.22 bits per heavy atom. The molecule has 3 unspecified atom stereocenters. The lowest BCUT2D eigenvalue weighted by Gasteiger charge is -2.20. The van der Waals surface area contributed by atoms with Gasteiger partial charge in [-0.25, -0.2) is 9.97 Å². The Bertz CT molecular complexity index is 743. The molecule has 2 bridgehead atoms. The number of nitrogens with zero attached hydrogens (tertiary/aromatic N) is 2. The first-order valence-electron chi connectivity index (χ1n) is 8.40. The van der Waals surface area contributed by atoms with Crippen molar-refractivity contribution >= 4 is 11.6 Å². The molecule has 1 heterocycles. The van der Waals surface area contributed by atoms with E-state index in [1.807, 2.05) is 37.3 Å². The summed E-state index contributed by atoms with van der Waals surface area (Å²) in [6.45, 7) is 1.88. The van der Waals surface area contributed by atoms with Gasteiger partial charge in [-0.2, -0.15) is 0 Å². The molecular weight excluding hydrogens is 286 g/mol. The minimum absolute atomic E-state index is 0.188. The monoisotopic (exact) mass is 307 g/mol. The van der Waals surface area contributed by atoms with E-state index in [1.165, 1.54) is 19.3 Å². The molecule has 2 aromatic rings. The second kappa shape index (κ2) is 5.76. The fourth-order valence-corrected chi connectivity index (χ4v) is 4.17. The van der Waals surface area contributed by atoms with Gasteiger partial charge in [-0.15, -0.1) is 0 Å². The zero-order chi connectivity index (χ0) is 15.8. The van der Waals surface area contributed by atoms with Crippen molar-refractivity contribution in [1.82, 2.24) is 9.97 Å². The van der Waals surface area contributed by atoms with Crippen LogP contribution < -0.4 is 5.32 Å². The van der Waals surface area contributed by atoms with Crippen molar-refractivity contribution in [2.75, 3.05) is 5.32 Å². The van der Waals surface area contributed by atoms with E-state index in [-0.39, 0.29) is 11.8 Å². The molecule has 2 aliphatic carbocycles. The summed E-state index contributed by atoms with van der Waals surface area (Å²) in [7, 11) is 0. The van der Waals surface area contributed by atoms with E-state index in [2.05, 4.69) is 15.3 Å². The van der Waals surface area contributed by atoms with Gasteiger partial charge in [0.15, 0.2) is 0 Å². The number of carbonyl (C=O) groups is 1. The molecule has 0 saturated heterocycles. The molecule has 4 rings (SSSR count). The molecule has 1 N–H and O–H groups in total. The first kappa shape index (κ1) is 14.4. The number of amides is 1. The van der Waals surface area contributed by atoms with E-state index < -0.39 is 0 Å². The lowest BCUT2D eigenvalue weighted by atomic mass is 9.88. The summed E-state index contributed by atoms with van der Waals surface area (Å²) in [6, 6.07) is 9.80. The highest BCUT2D eigenvalue weighted by molar-refractivity contribution is 5.93. The molecule has 1 aromatic heterocycles. The molecule has 2 saturated carbocycles. The molecule has 1 aromatic carbocycles. The second-order valence-corrected chi connectivity index (χ2v) is 6.84. The van der Waals surface area contributed by atoms with Gasteiger partial charge >= 0.3 is 0 Å². The number of benzene rings is 1. The minimum atomic E-state index is 0.188. The van der Waals surface area contributed by atoms with Gasteiger partial charge in [0.05, 0.1) is 5.69 Å². The van der Waals surface area contributed by atoms with E-state index in [9.17, 15) is 4.79 Å². The Balaban J connectivity index is 1.51. The summed E-state index contributed by atoms with van der Waals surface area (Å²) in [6.07, 6.45) is 6.62. The van der Waals surface area contributed by atoms with Crippen LogP contribution in [0, 0.1) is 24.7 Å². The van der Waals surface area contributed by atoms with Crippen molar-refractivity contribution in [2.45, 2.75) is 32.6 Å². The lowest BCUT2D eigenvalue weighted by molar-refractivity contribution is -0.121. The summed E-state index contributed by atoms with van der Waals surface area (Å²) in [5.74, 6) is 2.53. The molecular formula is C19H21N3O. The molecule has 0 aliphatic heterocycles. The number of hydrogen-bond acceptors (Lipinski definition) is 3. The molecule has 1 amide bonds. The average Bonchev–Trinajstić information content (AvgIpc) is 3.18. The van der Waals surface area contributed by atoms with Gasteiger partial charge in [-0.05, 0) is 56.2 Å². The normalized spacial score (nSPS) is 25.5. The summed E-state index contributed by atoms with van der Waals surface area (Å²) in [5, 5.41) is 3.11. The van der Waals surface area contributed by atoms with Gasteiger partial charge in [0.2, 0.25) is 5.91 Å². The standard InChI is InChI=1S/C19H21N3O/c1-12-20-8-7-18(21-12)15-3-2-4-16(11-15)22-19(23)17-10-13-5-6-14(17)9-13/h2-4,7-8,11,13-14,17H,5-6,9-10H2,1H3,(H,22,23). The molecule has 0 radical (unpaired) electrons. The number of nitrogens with one attached hydrogen (secondary N) is 1. The van der Waals surface area contributed by atoms with Crippen LogP contribution in [0.2, 0.25) is 0 Å². The minimum Gasteiger partial charge on any atom is -0.326 e. The number of fused-ring (bicyclic) bond motifs is 2. The smallest absolute Gasteiger partial charge is 0.227 e. The van der Waals surface area contributed by atoms with Crippen molar-refractivity contribution in [1.29, 1.82) is 0 Å². The summed E-state index contributed by atoms with van der Waals surface area (Å²) in [5.41, 5.74) is 2.74. The van der Waals surface area contributed by atoms with Crippen molar-refractivity contribution in [3.63, 3.8) is 0 Å². The summed E-state index contributed by atoms with van der Waals surface area (Å²) >= 11 is 0. The van der Waals surface area contributed by atoms with Crippen LogP contribution in [-0.4, -0.2) is 15.9 Å². The molecule has 118 valence electrons. The molecule has 4 nitrogen and oxygen atoms in total. The maximum atomic E-state index is 12.6. The number of anilines is 1. The van der Waals surface area contributed by atoms with E-state index in [1.54, 1.807) is 6.20 Å². The van der Waals surface area contributed by atoms with Crippen molar-refractivity contribution in [3.05, 3.63) is 42.4 Å². The maximum Gasteiger partial charge on any atom is 0.227 e. The van der Waals surface area contributed by atoms with Crippen LogP contribution in [0.4, 0.5) is 5.69 Å². The van der Waals surface area contributed by atoms with E-state index in [0.29, 0.717) is 5.92 Å². The molecule has 0 spiro atoms. The first-order chi connectivity index (χ1) is 11.2. The molecule has 2 aliphatic rings. The van der Waals surface area contributed by atoms with Crippen LogP contribution >= 0.6 is 0 Å². The van der Waals surface area contributed by atoms with Crippen molar-refractivity contribution in [3.8, 4) is 11.3 Å². The second-order valence-electron chi connectivity index (χ2n) is 6.84. The third-order valence-corrected chi connectivity index (χ3v) is 5.28. The predicted molar refractivity (Wildman–Crippen MR) is 89.8 cm³/mol. The molecule has 4 heteroatoms. The van der Waals surface area contributed by atoms with Crippen molar-refractivity contribution in [2.24, 2.45) is 17.8 Å². The number of carbonyl (C=O) groups excluding carboxylic acids is 1. The SMILES string of the molecule is Cc1nccc(-c2cccc(NC(=O)C3CC4CCC3C4)c2)n1. The Morgan fingerprint density at radius 2 is 2.13 bits per heavy atom. The number of hydrogen-bond donors (Lipinski definition) is 1. The maximum absolute atomic E-state index is 12.6. The highest BCUT2D eigenvalue weighted by Crippen LogP contribution is 2.48. The zero-order valence-corrected chi connectivity index (χ0v) is 13.3. The molecule has 2 fully saturated rings. The first-order valence-corrected chi connectivity index (χ1v) is 8.40. The van der Waals surface area contributed by atoms with Crippen LogP contribution in [0.5, 0.6) is 0 Å². The Hall–Kier alpha value is -2.23. The third-order valence-electron chi connectivity index (χ3n) is 5.28. The lowest BCUT2D eigenvalue weighted by Crippen LogP contribution is -2.27. The quantitative estimate of drug-likeness (QED) is 0.937. The van der Waals surface area contributed by atoms with Gasteiger partial charge in [0, 0.05) is 23.4 Å².